The van der Waals surface area contributed by atoms with Crippen LogP contribution in [0.15, 0.2) is 34.7 Å². The van der Waals surface area contributed by atoms with E-state index >= 15 is 0 Å². The Labute approximate surface area is 156 Å². The number of hydrogen-bond acceptors (Lipinski definition) is 3. The zero-order chi connectivity index (χ0) is 17.1. The summed E-state index contributed by atoms with van der Waals surface area (Å²) in [6.45, 7) is 4.93. The number of rotatable bonds is 5. The quantitative estimate of drug-likeness (QED) is 0.838. The second-order valence-corrected chi connectivity index (χ2v) is 7.02. The summed E-state index contributed by atoms with van der Waals surface area (Å²) in [4.78, 5) is 15.1. The molecule has 0 radical (unpaired) electrons. The first-order valence-electron chi connectivity index (χ1n) is 9.14. The smallest absolute Gasteiger partial charge is 0.226 e. The summed E-state index contributed by atoms with van der Waals surface area (Å²) in [5.41, 5.74) is 6.96. The zero-order valence-electron chi connectivity index (χ0n) is 15.1. The third-order valence-electron chi connectivity index (χ3n) is 5.14. The number of fused-ring (bicyclic) bond motifs is 1. The predicted octanol–water partition coefficient (Wildman–Crippen LogP) is 4.67. The van der Waals surface area contributed by atoms with Crippen LogP contribution in [0.3, 0.4) is 0 Å². The van der Waals surface area contributed by atoms with E-state index in [1.54, 1.807) is 0 Å². The highest BCUT2D eigenvalue weighted by Crippen LogP contribution is 2.31. The van der Waals surface area contributed by atoms with Gasteiger partial charge >= 0.3 is 0 Å². The Morgan fingerprint density at radius 1 is 1.36 bits per heavy atom. The number of halogens is 1. The summed E-state index contributed by atoms with van der Waals surface area (Å²) < 4.78 is 6.00. The number of hydrogen-bond donors (Lipinski definition) is 1. The Kier molecular flexibility index (Phi) is 6.91. The lowest BCUT2D eigenvalue weighted by atomic mass is 9.85. The summed E-state index contributed by atoms with van der Waals surface area (Å²) >= 11 is 0. The molecule has 1 aromatic carbocycles. The van der Waals surface area contributed by atoms with E-state index in [9.17, 15) is 4.79 Å². The molecule has 0 bridgehead atoms. The minimum atomic E-state index is -0.0528. The molecule has 4 nitrogen and oxygen atoms in total. The number of carbonyl (C=O) groups excluding carboxylic acids is 1. The molecule has 2 N–H and O–H groups in total. The van der Waals surface area contributed by atoms with E-state index in [0.29, 0.717) is 0 Å². The van der Waals surface area contributed by atoms with Crippen LogP contribution in [0, 0.1) is 5.92 Å². The van der Waals surface area contributed by atoms with Crippen LogP contribution < -0.4 is 5.73 Å². The van der Waals surface area contributed by atoms with Crippen LogP contribution in [0.1, 0.15) is 57.8 Å². The topological polar surface area (TPSA) is 59.5 Å². The fraction of sp³-hybridized carbons (Fsp3) is 0.550. The molecule has 3 unspecified atom stereocenters. The highest BCUT2D eigenvalue weighted by Gasteiger charge is 2.32. The van der Waals surface area contributed by atoms with Crippen LogP contribution in [0.5, 0.6) is 0 Å². The van der Waals surface area contributed by atoms with Gasteiger partial charge in [0, 0.05) is 23.9 Å². The highest BCUT2D eigenvalue weighted by molar-refractivity contribution is 5.85. The lowest BCUT2D eigenvalue weighted by Crippen LogP contribution is -2.42. The third kappa shape index (κ3) is 4.36. The first-order valence-corrected chi connectivity index (χ1v) is 9.14. The molecule has 2 aromatic rings. The third-order valence-corrected chi connectivity index (χ3v) is 5.14. The number of para-hydroxylation sites is 1. The molecule has 0 saturated heterocycles. The highest BCUT2D eigenvalue weighted by atomic mass is 35.5. The van der Waals surface area contributed by atoms with Gasteiger partial charge in [-0.05, 0) is 44.7 Å². The summed E-state index contributed by atoms with van der Waals surface area (Å²) in [5, 5.41) is 1.09. The summed E-state index contributed by atoms with van der Waals surface area (Å²) in [6, 6.07) is 10.2. The van der Waals surface area contributed by atoms with Gasteiger partial charge in [-0.1, -0.05) is 31.5 Å². The van der Waals surface area contributed by atoms with Crippen molar-refractivity contribution in [2.45, 2.75) is 58.0 Å². The number of amides is 1. The number of nitrogens with zero attached hydrogens (tertiary/aromatic N) is 1. The van der Waals surface area contributed by atoms with Crippen LogP contribution in [0.2, 0.25) is 0 Å². The lowest BCUT2D eigenvalue weighted by Gasteiger charge is -2.34. The van der Waals surface area contributed by atoms with E-state index in [2.05, 4.69) is 19.9 Å². The molecule has 1 heterocycles. The van der Waals surface area contributed by atoms with Crippen molar-refractivity contribution in [3.8, 4) is 0 Å². The molecule has 3 atom stereocenters. The monoisotopic (exact) mass is 364 g/mol. The molecule has 1 aliphatic carbocycles. The number of benzene rings is 1. The van der Waals surface area contributed by atoms with Crippen LogP contribution in [-0.4, -0.2) is 23.4 Å². The molecule has 25 heavy (non-hydrogen) atoms. The average molecular weight is 365 g/mol. The van der Waals surface area contributed by atoms with Crippen molar-refractivity contribution in [2.75, 3.05) is 6.54 Å². The van der Waals surface area contributed by atoms with Crippen molar-refractivity contribution < 1.29 is 9.21 Å². The van der Waals surface area contributed by atoms with Gasteiger partial charge in [0.25, 0.3) is 0 Å². The van der Waals surface area contributed by atoms with Crippen LogP contribution in [0.4, 0.5) is 0 Å². The summed E-state index contributed by atoms with van der Waals surface area (Å²) in [7, 11) is 0. The Morgan fingerprint density at radius 2 is 2.12 bits per heavy atom. The number of carbonyl (C=O) groups is 1. The van der Waals surface area contributed by atoms with Gasteiger partial charge in [-0.3, -0.25) is 4.79 Å². The van der Waals surface area contributed by atoms with Crippen LogP contribution in [-0.2, 0) is 4.79 Å². The van der Waals surface area contributed by atoms with Gasteiger partial charge in [-0.2, -0.15) is 0 Å². The van der Waals surface area contributed by atoms with Gasteiger partial charge in [-0.15, -0.1) is 12.4 Å². The Hall–Kier alpha value is -1.52. The maximum Gasteiger partial charge on any atom is 0.226 e. The van der Waals surface area contributed by atoms with Crippen molar-refractivity contribution >= 4 is 29.3 Å². The first-order chi connectivity index (χ1) is 11.6. The van der Waals surface area contributed by atoms with Crippen molar-refractivity contribution in [3.63, 3.8) is 0 Å². The van der Waals surface area contributed by atoms with Gasteiger partial charge < -0.3 is 15.1 Å². The van der Waals surface area contributed by atoms with E-state index in [1.807, 2.05) is 29.2 Å². The molecular formula is C20H29ClN2O2. The van der Waals surface area contributed by atoms with Crippen LogP contribution in [0.25, 0.3) is 11.0 Å². The molecule has 1 aromatic heterocycles. The largest absolute Gasteiger partial charge is 0.459 e. The molecular weight excluding hydrogens is 336 g/mol. The first kappa shape index (κ1) is 19.8. The van der Waals surface area contributed by atoms with Crippen molar-refractivity contribution in [2.24, 2.45) is 11.7 Å². The van der Waals surface area contributed by atoms with Crippen molar-refractivity contribution in [1.82, 2.24) is 4.90 Å². The Bertz CT molecular complexity index is 667. The van der Waals surface area contributed by atoms with Gasteiger partial charge in [-0.25, -0.2) is 0 Å². The van der Waals surface area contributed by atoms with Gasteiger partial charge in [0.2, 0.25) is 5.91 Å². The Balaban J connectivity index is 0.00000225. The van der Waals surface area contributed by atoms with E-state index in [0.717, 1.165) is 55.4 Å². The van der Waals surface area contributed by atoms with E-state index < -0.39 is 0 Å². The normalized spacial score (nSPS) is 21.6. The molecule has 3 rings (SSSR count). The van der Waals surface area contributed by atoms with E-state index in [1.165, 1.54) is 0 Å². The second-order valence-electron chi connectivity index (χ2n) is 7.02. The van der Waals surface area contributed by atoms with Crippen LogP contribution >= 0.6 is 12.4 Å². The second kappa shape index (κ2) is 8.72. The number of nitrogens with two attached hydrogens (primary N) is 1. The van der Waals surface area contributed by atoms with Gasteiger partial charge in [0.05, 0.1) is 6.04 Å². The average Bonchev–Trinajstić information content (AvgIpc) is 3.02. The maximum atomic E-state index is 13.1. The minimum absolute atomic E-state index is 0. The molecule has 1 fully saturated rings. The molecule has 138 valence electrons. The zero-order valence-corrected chi connectivity index (χ0v) is 15.9. The standard InChI is InChI=1S/C20H28N2O2.ClH/c1-3-11-22(20(23)16-8-6-9-17(21)12-16)14(2)19-13-15-7-4-5-10-18(15)24-19;/h4-5,7,10,13-14,16-17H,3,6,8-9,11-12,21H2,1-2H3;1H. The Morgan fingerprint density at radius 3 is 2.80 bits per heavy atom. The molecule has 0 spiro atoms. The molecule has 1 aliphatic rings. The molecule has 0 aliphatic heterocycles. The molecule has 1 amide bonds. The fourth-order valence-electron chi connectivity index (χ4n) is 3.78. The van der Waals surface area contributed by atoms with E-state index in [-0.39, 0.29) is 36.3 Å². The maximum absolute atomic E-state index is 13.1. The summed E-state index contributed by atoms with van der Waals surface area (Å²) in [6.07, 6.45) is 4.80. The van der Waals surface area contributed by atoms with Crippen molar-refractivity contribution in [1.29, 1.82) is 0 Å². The SMILES string of the molecule is CCCN(C(=O)C1CCCC(N)C1)C(C)c1cc2ccccc2o1.Cl. The van der Waals surface area contributed by atoms with Gasteiger partial charge in [0.1, 0.15) is 11.3 Å². The number of furan rings is 1. The van der Waals surface area contributed by atoms with Gasteiger partial charge in [0.15, 0.2) is 0 Å². The summed E-state index contributed by atoms with van der Waals surface area (Å²) in [5.74, 6) is 1.16. The fourth-order valence-corrected chi connectivity index (χ4v) is 3.78. The lowest BCUT2D eigenvalue weighted by molar-refractivity contribution is -0.139. The van der Waals surface area contributed by atoms with Crippen molar-refractivity contribution in [3.05, 3.63) is 36.1 Å². The molecule has 5 heteroatoms. The predicted molar refractivity (Wildman–Crippen MR) is 104 cm³/mol. The van der Waals surface area contributed by atoms with E-state index in [4.69, 9.17) is 10.2 Å². The molecule has 1 saturated carbocycles. The minimum Gasteiger partial charge on any atom is -0.459 e.